The fourth-order valence-corrected chi connectivity index (χ4v) is 3.83. The summed E-state index contributed by atoms with van der Waals surface area (Å²) < 4.78 is 33.4. The molecular weight excluding hydrogens is 495 g/mol. The molecule has 5 N–H and O–H groups in total. The molecule has 3 aromatic heterocycles. The Morgan fingerprint density at radius 2 is 1.63 bits per heavy atom. The van der Waals surface area contributed by atoms with Crippen LogP contribution in [-0.4, -0.2) is 75.5 Å². The first-order valence-corrected chi connectivity index (χ1v) is 12.5. The molecule has 0 unspecified atom stereocenters. The van der Waals surface area contributed by atoms with Crippen LogP contribution >= 0.6 is 0 Å². The van der Waals surface area contributed by atoms with Crippen LogP contribution in [0.25, 0.3) is 22.6 Å². The molecule has 0 saturated carbocycles. The van der Waals surface area contributed by atoms with Gasteiger partial charge in [-0.1, -0.05) is 12.1 Å². The fraction of sp³-hybridized carbons (Fsp3) is 0.440. The van der Waals surface area contributed by atoms with Crippen molar-refractivity contribution < 1.29 is 18.6 Å². The minimum atomic E-state index is -0.431. The summed E-state index contributed by atoms with van der Waals surface area (Å²) in [6.45, 7) is 4.90. The maximum Gasteiger partial charge on any atom is 0.280 e. The Balaban J connectivity index is 1.33. The molecule has 4 rings (SSSR count). The average molecular weight is 529 g/mol. The Hall–Kier alpha value is -3.65. The number of imidazole rings is 1. The summed E-state index contributed by atoms with van der Waals surface area (Å²) >= 11 is 0. The van der Waals surface area contributed by atoms with E-state index in [0.29, 0.717) is 76.3 Å². The highest BCUT2D eigenvalue weighted by Gasteiger charge is 2.18. The van der Waals surface area contributed by atoms with Gasteiger partial charge in [0.1, 0.15) is 11.6 Å². The quantitative estimate of drug-likeness (QED) is 0.183. The number of nitrogen functional groups attached to an aromatic ring is 1. The minimum absolute atomic E-state index is 0.00811. The predicted molar refractivity (Wildman–Crippen MR) is 140 cm³/mol. The van der Waals surface area contributed by atoms with E-state index in [2.05, 4.69) is 20.1 Å². The van der Waals surface area contributed by atoms with E-state index in [-0.39, 0.29) is 17.3 Å². The second-order valence-corrected chi connectivity index (χ2v) is 8.60. The van der Waals surface area contributed by atoms with Crippen LogP contribution in [0.5, 0.6) is 0 Å². The van der Waals surface area contributed by atoms with Crippen LogP contribution in [0.2, 0.25) is 0 Å². The van der Waals surface area contributed by atoms with Crippen molar-refractivity contribution in [3.8, 4) is 11.4 Å². The number of halogens is 1. The van der Waals surface area contributed by atoms with E-state index in [4.69, 9.17) is 25.7 Å². The topological polar surface area (TPSA) is 161 Å². The molecule has 0 aliphatic rings. The van der Waals surface area contributed by atoms with Gasteiger partial charge in [0.25, 0.3) is 5.56 Å². The molecule has 4 aromatic rings. The van der Waals surface area contributed by atoms with Gasteiger partial charge in [0, 0.05) is 26.0 Å². The van der Waals surface area contributed by atoms with Crippen molar-refractivity contribution in [1.82, 2.24) is 29.3 Å². The number of rotatable bonds is 16. The lowest BCUT2D eigenvalue weighted by Gasteiger charge is -2.08. The second-order valence-electron chi connectivity index (χ2n) is 8.60. The molecule has 1 aromatic carbocycles. The maximum atomic E-state index is 13.4. The molecule has 12 nitrogen and oxygen atoms in total. The third-order valence-corrected chi connectivity index (χ3v) is 5.68. The molecule has 0 spiro atoms. The van der Waals surface area contributed by atoms with Gasteiger partial charge in [0.05, 0.1) is 44.7 Å². The molecule has 0 radical (unpaired) electrons. The zero-order valence-corrected chi connectivity index (χ0v) is 21.1. The summed E-state index contributed by atoms with van der Waals surface area (Å²) in [6, 6.07) is 6.11. The van der Waals surface area contributed by atoms with Crippen LogP contribution < -0.4 is 17.0 Å². The number of nitrogens with one attached hydrogen (secondary N) is 1. The highest BCUT2D eigenvalue weighted by Crippen LogP contribution is 2.24. The van der Waals surface area contributed by atoms with E-state index in [1.165, 1.54) is 12.1 Å². The van der Waals surface area contributed by atoms with Gasteiger partial charge in [0.2, 0.25) is 5.95 Å². The van der Waals surface area contributed by atoms with Crippen molar-refractivity contribution in [2.24, 2.45) is 5.73 Å². The number of nitrogens with zero attached hydrogens (tertiary/aromatic N) is 5. The molecule has 0 fully saturated rings. The van der Waals surface area contributed by atoms with E-state index in [1.54, 1.807) is 27.6 Å². The van der Waals surface area contributed by atoms with Crippen LogP contribution in [0, 0.1) is 5.82 Å². The minimum Gasteiger partial charge on any atom is -0.379 e. The van der Waals surface area contributed by atoms with Crippen molar-refractivity contribution in [3.05, 3.63) is 58.4 Å². The molecular formula is C25H33FN8O4. The van der Waals surface area contributed by atoms with E-state index in [1.807, 2.05) is 6.20 Å². The highest BCUT2D eigenvalue weighted by molar-refractivity contribution is 5.77. The van der Waals surface area contributed by atoms with Gasteiger partial charge < -0.3 is 30.2 Å². The van der Waals surface area contributed by atoms with Gasteiger partial charge in [-0.15, -0.1) is 0 Å². The Morgan fingerprint density at radius 3 is 2.34 bits per heavy atom. The van der Waals surface area contributed by atoms with Crippen molar-refractivity contribution >= 4 is 17.1 Å². The van der Waals surface area contributed by atoms with Gasteiger partial charge in [-0.05, 0) is 37.1 Å². The van der Waals surface area contributed by atoms with Crippen LogP contribution in [-0.2, 0) is 27.3 Å². The molecule has 0 bridgehead atoms. The molecule has 204 valence electrons. The Morgan fingerprint density at radius 1 is 0.947 bits per heavy atom. The fourth-order valence-electron chi connectivity index (χ4n) is 3.83. The number of hydrogen-bond acceptors (Lipinski definition) is 9. The number of nitrogens with two attached hydrogens (primary N) is 2. The Bertz CT molecular complexity index is 1350. The SMILES string of the molecule is NCCCOCCOCCOCCCn1cc(-c2nc3c(=O)[nH]c(N)nc3n2Cc2ccc(F)cc2)cn1. The van der Waals surface area contributed by atoms with Gasteiger partial charge in [-0.2, -0.15) is 10.1 Å². The third-order valence-electron chi connectivity index (χ3n) is 5.68. The first-order valence-electron chi connectivity index (χ1n) is 12.5. The molecule has 38 heavy (non-hydrogen) atoms. The molecule has 0 saturated heterocycles. The number of anilines is 1. The maximum absolute atomic E-state index is 13.4. The lowest BCUT2D eigenvalue weighted by molar-refractivity contribution is 0.0135. The number of aromatic amines is 1. The zero-order valence-electron chi connectivity index (χ0n) is 21.1. The number of hydrogen-bond donors (Lipinski definition) is 3. The van der Waals surface area contributed by atoms with Crippen LogP contribution in [0.3, 0.4) is 0 Å². The highest BCUT2D eigenvalue weighted by atomic mass is 19.1. The number of fused-ring (bicyclic) bond motifs is 1. The Labute approximate surface area is 218 Å². The third kappa shape index (κ3) is 7.44. The summed E-state index contributed by atoms with van der Waals surface area (Å²) in [5.74, 6) is 0.176. The first-order chi connectivity index (χ1) is 18.5. The van der Waals surface area contributed by atoms with Crippen molar-refractivity contribution in [1.29, 1.82) is 0 Å². The van der Waals surface area contributed by atoms with E-state index >= 15 is 0 Å². The van der Waals surface area contributed by atoms with E-state index in [9.17, 15) is 9.18 Å². The van der Waals surface area contributed by atoms with E-state index in [0.717, 1.165) is 18.4 Å². The molecule has 0 atom stereocenters. The largest absolute Gasteiger partial charge is 0.379 e. The molecule has 13 heteroatoms. The van der Waals surface area contributed by atoms with Gasteiger partial charge in [0.15, 0.2) is 11.2 Å². The Kier molecular flexibility index (Phi) is 9.92. The lowest BCUT2D eigenvalue weighted by Crippen LogP contribution is -2.12. The number of ether oxygens (including phenoxy) is 3. The molecule has 0 aliphatic heterocycles. The summed E-state index contributed by atoms with van der Waals surface area (Å²) in [4.78, 5) is 23.8. The van der Waals surface area contributed by atoms with E-state index < -0.39 is 5.56 Å². The van der Waals surface area contributed by atoms with Gasteiger partial charge in [-0.3, -0.25) is 14.5 Å². The van der Waals surface area contributed by atoms with Crippen molar-refractivity contribution in [3.63, 3.8) is 0 Å². The number of aromatic nitrogens is 6. The van der Waals surface area contributed by atoms with Crippen molar-refractivity contribution in [2.45, 2.75) is 25.9 Å². The summed E-state index contributed by atoms with van der Waals surface area (Å²) in [6.07, 6.45) is 5.15. The number of aryl methyl sites for hydroxylation is 1. The van der Waals surface area contributed by atoms with Crippen LogP contribution in [0.1, 0.15) is 18.4 Å². The zero-order chi connectivity index (χ0) is 26.7. The van der Waals surface area contributed by atoms with Gasteiger partial charge in [-0.25, -0.2) is 9.37 Å². The first kappa shape index (κ1) is 27.4. The molecule has 3 heterocycles. The summed E-state index contributed by atoms with van der Waals surface area (Å²) in [7, 11) is 0. The van der Waals surface area contributed by atoms with Crippen LogP contribution in [0.15, 0.2) is 41.5 Å². The number of benzene rings is 1. The molecule has 0 aliphatic carbocycles. The summed E-state index contributed by atoms with van der Waals surface area (Å²) in [5.41, 5.74) is 12.8. The van der Waals surface area contributed by atoms with Crippen molar-refractivity contribution in [2.75, 3.05) is 51.9 Å². The second kappa shape index (κ2) is 13.8. The summed E-state index contributed by atoms with van der Waals surface area (Å²) in [5, 5.41) is 4.43. The van der Waals surface area contributed by atoms with Crippen LogP contribution in [0.4, 0.5) is 10.3 Å². The monoisotopic (exact) mass is 528 g/mol. The standard InChI is InChI=1S/C25H33FN8O4/c26-20-5-3-18(4-6-20)16-34-22(30-21-23(34)31-25(28)32-24(21)35)19-15-29-33(17-19)8-2-10-37-12-14-38-13-11-36-9-1-7-27/h3-6,15,17H,1-2,7-14,16,27H2,(H3,28,31,32,35). The average Bonchev–Trinajstić information content (AvgIpc) is 3.51. The molecule has 0 amide bonds. The smallest absolute Gasteiger partial charge is 0.280 e. The van der Waals surface area contributed by atoms with Gasteiger partial charge >= 0.3 is 0 Å². The normalized spacial score (nSPS) is 11.5. The lowest BCUT2D eigenvalue weighted by atomic mass is 10.2. The number of H-pyrrole nitrogens is 1. The predicted octanol–water partition coefficient (Wildman–Crippen LogP) is 1.54.